The second-order valence-corrected chi connectivity index (χ2v) is 5.69. The summed E-state index contributed by atoms with van der Waals surface area (Å²) in [7, 11) is 0. The quantitative estimate of drug-likeness (QED) is 0.704. The van der Waals surface area contributed by atoms with Crippen molar-refractivity contribution in [2.45, 2.75) is 46.0 Å². The highest BCUT2D eigenvalue weighted by Crippen LogP contribution is 2.45. The van der Waals surface area contributed by atoms with E-state index in [1.165, 1.54) is 32.1 Å². The predicted octanol–water partition coefficient (Wildman–Crippen LogP) is 3.70. The Labute approximate surface area is 99.3 Å². The van der Waals surface area contributed by atoms with E-state index in [9.17, 15) is 5.11 Å². The minimum absolute atomic E-state index is 0.163. The van der Waals surface area contributed by atoms with Crippen molar-refractivity contribution in [3.05, 3.63) is 23.3 Å². The van der Waals surface area contributed by atoms with Gasteiger partial charge in [0.25, 0.3) is 0 Å². The van der Waals surface area contributed by atoms with Gasteiger partial charge >= 0.3 is 0 Å². The largest absolute Gasteiger partial charge is 0.392 e. The SMILES string of the molecule is C=C(CO)C1CCC(C)C2=C(C1)C(C)CC2. The Balaban J connectivity index is 2.19. The van der Waals surface area contributed by atoms with Crippen LogP contribution in [0.4, 0.5) is 0 Å². The first-order valence-corrected chi connectivity index (χ1v) is 6.63. The van der Waals surface area contributed by atoms with E-state index in [0.29, 0.717) is 5.92 Å². The van der Waals surface area contributed by atoms with Gasteiger partial charge in [-0.15, -0.1) is 0 Å². The smallest absolute Gasteiger partial charge is 0.0641 e. The van der Waals surface area contributed by atoms with E-state index in [2.05, 4.69) is 20.4 Å². The first-order chi connectivity index (χ1) is 7.63. The highest BCUT2D eigenvalue weighted by Gasteiger charge is 2.30. The van der Waals surface area contributed by atoms with E-state index in [0.717, 1.165) is 17.4 Å². The molecule has 0 spiro atoms. The molecule has 1 heteroatoms. The molecule has 3 unspecified atom stereocenters. The second-order valence-electron chi connectivity index (χ2n) is 5.69. The zero-order valence-electron chi connectivity index (χ0n) is 10.6. The van der Waals surface area contributed by atoms with E-state index >= 15 is 0 Å². The lowest BCUT2D eigenvalue weighted by molar-refractivity contribution is 0.307. The molecule has 3 atom stereocenters. The first kappa shape index (κ1) is 11.9. The van der Waals surface area contributed by atoms with Gasteiger partial charge in [0, 0.05) is 0 Å². The van der Waals surface area contributed by atoms with E-state index in [1.54, 1.807) is 11.1 Å². The average molecular weight is 220 g/mol. The minimum atomic E-state index is 0.163. The van der Waals surface area contributed by atoms with Crippen LogP contribution in [-0.4, -0.2) is 11.7 Å². The number of aliphatic hydroxyl groups excluding tert-OH is 1. The Morgan fingerprint density at radius 2 is 1.88 bits per heavy atom. The van der Waals surface area contributed by atoms with E-state index in [1.807, 2.05) is 0 Å². The zero-order chi connectivity index (χ0) is 11.7. The predicted molar refractivity (Wildman–Crippen MR) is 68.2 cm³/mol. The monoisotopic (exact) mass is 220 g/mol. The van der Waals surface area contributed by atoms with Gasteiger partial charge in [-0.1, -0.05) is 31.6 Å². The Bertz CT molecular complexity index is 313. The molecule has 0 amide bonds. The fourth-order valence-corrected chi connectivity index (χ4v) is 3.39. The lowest BCUT2D eigenvalue weighted by Crippen LogP contribution is -2.09. The van der Waals surface area contributed by atoms with Gasteiger partial charge in [-0.25, -0.2) is 0 Å². The molecule has 2 aliphatic carbocycles. The van der Waals surface area contributed by atoms with Crippen LogP contribution in [0.5, 0.6) is 0 Å². The third kappa shape index (κ3) is 2.10. The molecule has 2 aliphatic rings. The van der Waals surface area contributed by atoms with Gasteiger partial charge in [-0.3, -0.25) is 0 Å². The van der Waals surface area contributed by atoms with Gasteiger partial charge in [0.15, 0.2) is 0 Å². The van der Waals surface area contributed by atoms with Crippen LogP contribution >= 0.6 is 0 Å². The van der Waals surface area contributed by atoms with Crippen LogP contribution in [0, 0.1) is 17.8 Å². The highest BCUT2D eigenvalue weighted by atomic mass is 16.3. The Morgan fingerprint density at radius 1 is 1.19 bits per heavy atom. The van der Waals surface area contributed by atoms with Crippen LogP contribution in [0.1, 0.15) is 46.0 Å². The average Bonchev–Trinajstić information content (AvgIpc) is 2.55. The number of hydrogen-bond donors (Lipinski definition) is 1. The topological polar surface area (TPSA) is 20.2 Å². The maximum atomic E-state index is 9.24. The van der Waals surface area contributed by atoms with Crippen molar-refractivity contribution in [2.75, 3.05) is 6.61 Å². The summed E-state index contributed by atoms with van der Waals surface area (Å²) >= 11 is 0. The molecule has 1 nitrogen and oxygen atoms in total. The minimum Gasteiger partial charge on any atom is -0.392 e. The normalized spacial score (nSPS) is 34.8. The van der Waals surface area contributed by atoms with Gasteiger partial charge in [0.2, 0.25) is 0 Å². The van der Waals surface area contributed by atoms with Crippen molar-refractivity contribution in [1.82, 2.24) is 0 Å². The fraction of sp³-hybridized carbons (Fsp3) is 0.733. The highest BCUT2D eigenvalue weighted by molar-refractivity contribution is 5.27. The van der Waals surface area contributed by atoms with Gasteiger partial charge in [0.05, 0.1) is 6.61 Å². The van der Waals surface area contributed by atoms with Gasteiger partial charge < -0.3 is 5.11 Å². The van der Waals surface area contributed by atoms with Crippen molar-refractivity contribution in [3.8, 4) is 0 Å². The number of rotatable bonds is 2. The third-order valence-electron chi connectivity index (χ3n) is 4.64. The number of aliphatic hydroxyl groups is 1. The van der Waals surface area contributed by atoms with Crippen LogP contribution in [-0.2, 0) is 0 Å². The Morgan fingerprint density at radius 3 is 2.56 bits per heavy atom. The summed E-state index contributed by atoms with van der Waals surface area (Å²) in [5.41, 5.74) is 4.48. The van der Waals surface area contributed by atoms with Crippen LogP contribution in [0.15, 0.2) is 23.3 Å². The van der Waals surface area contributed by atoms with Crippen LogP contribution in [0.3, 0.4) is 0 Å². The molecule has 0 aromatic heterocycles. The first-order valence-electron chi connectivity index (χ1n) is 6.63. The lowest BCUT2D eigenvalue weighted by Gasteiger charge is -2.19. The molecule has 0 aliphatic heterocycles. The Kier molecular flexibility index (Phi) is 3.53. The third-order valence-corrected chi connectivity index (χ3v) is 4.64. The van der Waals surface area contributed by atoms with E-state index < -0.39 is 0 Å². The van der Waals surface area contributed by atoms with Gasteiger partial charge in [-0.05, 0) is 55.4 Å². The van der Waals surface area contributed by atoms with Gasteiger partial charge in [0.1, 0.15) is 0 Å². The van der Waals surface area contributed by atoms with Crippen molar-refractivity contribution in [2.24, 2.45) is 17.8 Å². The maximum Gasteiger partial charge on any atom is 0.0641 e. The van der Waals surface area contributed by atoms with Crippen LogP contribution in [0.2, 0.25) is 0 Å². The standard InChI is InChI=1S/C15H24O/c1-10-4-6-13(12(3)9-16)8-15-11(2)5-7-14(10)15/h10-11,13,16H,3-9H2,1-2H3. The molecule has 0 aromatic rings. The summed E-state index contributed by atoms with van der Waals surface area (Å²) in [5.74, 6) is 2.06. The summed E-state index contributed by atoms with van der Waals surface area (Å²) in [6.45, 7) is 8.93. The molecule has 0 heterocycles. The molecular formula is C15H24O. The van der Waals surface area contributed by atoms with Crippen molar-refractivity contribution in [3.63, 3.8) is 0 Å². The van der Waals surface area contributed by atoms with Crippen LogP contribution in [0.25, 0.3) is 0 Å². The number of allylic oxidation sites excluding steroid dienone is 2. The molecule has 90 valence electrons. The summed E-state index contributed by atoms with van der Waals surface area (Å²) in [4.78, 5) is 0. The molecule has 1 N–H and O–H groups in total. The molecule has 2 rings (SSSR count). The molecular weight excluding hydrogens is 196 g/mol. The molecule has 0 bridgehead atoms. The molecule has 0 saturated heterocycles. The number of hydrogen-bond acceptors (Lipinski definition) is 1. The molecule has 0 fully saturated rings. The summed E-state index contributed by atoms with van der Waals surface area (Å²) in [5, 5.41) is 9.24. The maximum absolute atomic E-state index is 9.24. The molecule has 16 heavy (non-hydrogen) atoms. The van der Waals surface area contributed by atoms with Crippen LogP contribution < -0.4 is 0 Å². The van der Waals surface area contributed by atoms with Gasteiger partial charge in [-0.2, -0.15) is 0 Å². The van der Waals surface area contributed by atoms with Crippen molar-refractivity contribution >= 4 is 0 Å². The Hall–Kier alpha value is -0.560. The fourth-order valence-electron chi connectivity index (χ4n) is 3.39. The summed E-state index contributed by atoms with van der Waals surface area (Å²) in [6.07, 6.45) is 6.30. The van der Waals surface area contributed by atoms with Crippen molar-refractivity contribution in [1.29, 1.82) is 0 Å². The summed E-state index contributed by atoms with van der Waals surface area (Å²) < 4.78 is 0. The lowest BCUT2D eigenvalue weighted by atomic mass is 9.87. The van der Waals surface area contributed by atoms with E-state index in [4.69, 9.17) is 0 Å². The zero-order valence-corrected chi connectivity index (χ0v) is 10.6. The molecule has 0 radical (unpaired) electrons. The molecule has 0 aromatic carbocycles. The summed E-state index contributed by atoms with van der Waals surface area (Å²) in [6, 6.07) is 0. The second kappa shape index (κ2) is 4.75. The van der Waals surface area contributed by atoms with E-state index in [-0.39, 0.29) is 6.61 Å². The van der Waals surface area contributed by atoms with Crippen molar-refractivity contribution < 1.29 is 5.11 Å². The molecule has 0 saturated carbocycles.